The van der Waals surface area contributed by atoms with Crippen LogP contribution < -0.4 is 20.7 Å². The molecule has 1 aromatic carbocycles. The molecule has 162 valence electrons. The number of nitrogens with one attached hydrogen (secondary N) is 3. The molecule has 8 heteroatoms. The first-order valence-electron chi connectivity index (χ1n) is 10.1. The van der Waals surface area contributed by atoms with Gasteiger partial charge in [-0.05, 0) is 49.1 Å². The maximum Gasteiger partial charge on any atom is 0.258 e. The van der Waals surface area contributed by atoms with Gasteiger partial charge < -0.3 is 20.7 Å². The maximum atomic E-state index is 11.7. The largest absolute Gasteiger partial charge is 0.484 e. The molecule has 1 saturated carbocycles. The summed E-state index contributed by atoms with van der Waals surface area (Å²) in [5.74, 6) is 1.44. The SMILES string of the molecule is CN=C(NCCc1ccc(OCC(=O)NC2CC2)cc1)NCCc1ccccn1.I. The second-order valence-electron chi connectivity index (χ2n) is 7.02. The number of benzene rings is 1. The Morgan fingerprint density at radius 1 is 1.10 bits per heavy atom. The fourth-order valence-electron chi connectivity index (χ4n) is 2.80. The zero-order valence-corrected chi connectivity index (χ0v) is 19.6. The average Bonchev–Trinajstić information content (AvgIpc) is 3.57. The van der Waals surface area contributed by atoms with Gasteiger partial charge in [0, 0.05) is 44.5 Å². The van der Waals surface area contributed by atoms with E-state index < -0.39 is 0 Å². The van der Waals surface area contributed by atoms with E-state index in [-0.39, 0.29) is 36.5 Å². The topological polar surface area (TPSA) is 87.6 Å². The molecule has 0 atom stereocenters. The van der Waals surface area contributed by atoms with Crippen LogP contribution in [0.25, 0.3) is 0 Å². The van der Waals surface area contributed by atoms with Gasteiger partial charge in [0.05, 0.1) is 0 Å². The summed E-state index contributed by atoms with van der Waals surface area (Å²) in [4.78, 5) is 20.2. The molecule has 0 bridgehead atoms. The van der Waals surface area contributed by atoms with E-state index in [0.29, 0.717) is 11.8 Å². The molecular weight excluding hydrogens is 493 g/mol. The summed E-state index contributed by atoms with van der Waals surface area (Å²) in [6, 6.07) is 14.1. The first-order valence-corrected chi connectivity index (χ1v) is 10.1. The van der Waals surface area contributed by atoms with Crippen LogP contribution in [-0.4, -0.2) is 49.6 Å². The molecule has 30 heavy (non-hydrogen) atoms. The van der Waals surface area contributed by atoms with Crippen molar-refractivity contribution in [3.63, 3.8) is 0 Å². The maximum absolute atomic E-state index is 11.7. The van der Waals surface area contributed by atoms with Crippen molar-refractivity contribution >= 4 is 35.8 Å². The monoisotopic (exact) mass is 523 g/mol. The van der Waals surface area contributed by atoms with E-state index in [0.717, 1.165) is 50.4 Å². The number of ether oxygens (including phenoxy) is 1. The molecule has 0 unspecified atom stereocenters. The summed E-state index contributed by atoms with van der Waals surface area (Å²) in [5.41, 5.74) is 2.25. The summed E-state index contributed by atoms with van der Waals surface area (Å²) in [5, 5.41) is 9.53. The Morgan fingerprint density at radius 3 is 2.47 bits per heavy atom. The van der Waals surface area contributed by atoms with Crippen LogP contribution in [0.2, 0.25) is 0 Å². The lowest BCUT2D eigenvalue weighted by Crippen LogP contribution is -2.39. The number of hydrogen-bond acceptors (Lipinski definition) is 4. The van der Waals surface area contributed by atoms with Crippen LogP contribution >= 0.6 is 24.0 Å². The highest BCUT2D eigenvalue weighted by atomic mass is 127. The van der Waals surface area contributed by atoms with Gasteiger partial charge in [0.2, 0.25) is 0 Å². The molecule has 0 spiro atoms. The summed E-state index contributed by atoms with van der Waals surface area (Å²) in [7, 11) is 1.77. The Labute approximate surface area is 195 Å². The quantitative estimate of drug-likeness (QED) is 0.253. The lowest BCUT2D eigenvalue weighted by atomic mass is 10.1. The third-order valence-electron chi connectivity index (χ3n) is 4.57. The van der Waals surface area contributed by atoms with Crippen LogP contribution in [0, 0.1) is 0 Å². The van der Waals surface area contributed by atoms with Crippen molar-refractivity contribution in [1.82, 2.24) is 20.9 Å². The second kappa shape index (κ2) is 13.0. The van der Waals surface area contributed by atoms with Crippen LogP contribution in [0.1, 0.15) is 24.1 Å². The minimum atomic E-state index is -0.0531. The molecule has 3 N–H and O–H groups in total. The van der Waals surface area contributed by atoms with Crippen LogP contribution in [0.15, 0.2) is 53.7 Å². The van der Waals surface area contributed by atoms with Gasteiger partial charge in [-0.15, -0.1) is 24.0 Å². The highest BCUT2D eigenvalue weighted by molar-refractivity contribution is 14.0. The van der Waals surface area contributed by atoms with Gasteiger partial charge >= 0.3 is 0 Å². The number of rotatable bonds is 10. The van der Waals surface area contributed by atoms with Crippen LogP contribution in [-0.2, 0) is 17.6 Å². The summed E-state index contributed by atoms with van der Waals surface area (Å²) in [6.07, 6.45) is 5.68. The van der Waals surface area contributed by atoms with Crippen molar-refractivity contribution in [2.75, 3.05) is 26.7 Å². The van der Waals surface area contributed by atoms with E-state index in [2.05, 4.69) is 25.9 Å². The number of aromatic nitrogens is 1. The number of carbonyl (C=O) groups excluding carboxylic acids is 1. The number of amides is 1. The number of guanidine groups is 1. The summed E-state index contributed by atoms with van der Waals surface area (Å²) < 4.78 is 5.53. The zero-order valence-electron chi connectivity index (χ0n) is 17.3. The minimum absolute atomic E-state index is 0. The predicted octanol–water partition coefficient (Wildman–Crippen LogP) is 2.31. The third-order valence-corrected chi connectivity index (χ3v) is 4.57. The van der Waals surface area contributed by atoms with Gasteiger partial charge in [0.25, 0.3) is 5.91 Å². The third kappa shape index (κ3) is 8.98. The van der Waals surface area contributed by atoms with Gasteiger partial charge in [0.15, 0.2) is 12.6 Å². The molecular formula is C22H30IN5O2. The minimum Gasteiger partial charge on any atom is -0.484 e. The molecule has 7 nitrogen and oxygen atoms in total. The molecule has 1 fully saturated rings. The molecule has 1 aliphatic rings. The second-order valence-corrected chi connectivity index (χ2v) is 7.02. The number of halogens is 1. The summed E-state index contributed by atoms with van der Waals surface area (Å²) in [6.45, 7) is 1.61. The van der Waals surface area contributed by atoms with Crippen LogP contribution in [0.3, 0.4) is 0 Å². The predicted molar refractivity (Wildman–Crippen MR) is 130 cm³/mol. The van der Waals surface area contributed by atoms with Crippen molar-refractivity contribution < 1.29 is 9.53 Å². The van der Waals surface area contributed by atoms with Crippen molar-refractivity contribution in [2.45, 2.75) is 31.7 Å². The number of pyridine rings is 1. The fraction of sp³-hybridized carbons (Fsp3) is 0.409. The molecule has 0 aliphatic heterocycles. The van der Waals surface area contributed by atoms with Crippen molar-refractivity contribution in [2.24, 2.45) is 4.99 Å². The number of hydrogen-bond donors (Lipinski definition) is 3. The van der Waals surface area contributed by atoms with E-state index in [1.807, 2.05) is 48.7 Å². The molecule has 0 radical (unpaired) electrons. The van der Waals surface area contributed by atoms with E-state index in [9.17, 15) is 4.79 Å². The summed E-state index contributed by atoms with van der Waals surface area (Å²) >= 11 is 0. The molecule has 2 aromatic rings. The van der Waals surface area contributed by atoms with Gasteiger partial charge in [-0.25, -0.2) is 0 Å². The standard InChI is InChI=1S/C22H29N5O2.HI/c1-23-22(26-15-12-18-4-2-3-13-24-18)25-14-11-17-5-9-20(10-6-17)29-16-21(28)27-19-7-8-19;/h2-6,9-10,13,19H,7-8,11-12,14-16H2,1H3,(H,27,28)(H2,23,25,26);1H. The van der Waals surface area contributed by atoms with Gasteiger partial charge in [-0.2, -0.15) is 0 Å². The molecule has 1 aliphatic carbocycles. The van der Waals surface area contributed by atoms with E-state index in [4.69, 9.17) is 4.74 Å². The van der Waals surface area contributed by atoms with Crippen molar-refractivity contribution in [1.29, 1.82) is 0 Å². The Morgan fingerprint density at radius 2 is 1.83 bits per heavy atom. The van der Waals surface area contributed by atoms with Crippen LogP contribution in [0.4, 0.5) is 0 Å². The Balaban J connectivity index is 0.00000320. The van der Waals surface area contributed by atoms with Crippen LogP contribution in [0.5, 0.6) is 5.75 Å². The van der Waals surface area contributed by atoms with Crippen molar-refractivity contribution in [3.05, 3.63) is 59.9 Å². The van der Waals surface area contributed by atoms with Gasteiger partial charge in [0.1, 0.15) is 5.75 Å². The van der Waals surface area contributed by atoms with Crippen molar-refractivity contribution in [3.8, 4) is 5.75 Å². The smallest absolute Gasteiger partial charge is 0.258 e. The Bertz CT molecular complexity index is 795. The highest BCUT2D eigenvalue weighted by Crippen LogP contribution is 2.18. The van der Waals surface area contributed by atoms with Gasteiger partial charge in [-0.1, -0.05) is 18.2 Å². The first kappa shape index (κ1) is 23.9. The number of nitrogens with zero attached hydrogens (tertiary/aromatic N) is 2. The van der Waals surface area contributed by atoms with E-state index in [1.54, 1.807) is 7.05 Å². The molecule has 1 amide bonds. The number of carbonyl (C=O) groups is 1. The van der Waals surface area contributed by atoms with Gasteiger partial charge in [-0.3, -0.25) is 14.8 Å². The first-order chi connectivity index (χ1) is 14.2. The molecule has 1 aromatic heterocycles. The molecule has 1 heterocycles. The average molecular weight is 523 g/mol. The zero-order chi connectivity index (χ0) is 20.3. The van der Waals surface area contributed by atoms with E-state index >= 15 is 0 Å². The lowest BCUT2D eigenvalue weighted by molar-refractivity contribution is -0.123. The Kier molecular flexibility index (Phi) is 10.4. The van der Waals surface area contributed by atoms with E-state index in [1.165, 1.54) is 5.56 Å². The molecule has 0 saturated heterocycles. The highest BCUT2D eigenvalue weighted by Gasteiger charge is 2.23. The Hall–Kier alpha value is -2.36. The lowest BCUT2D eigenvalue weighted by Gasteiger charge is -2.12. The molecule has 3 rings (SSSR count). The number of aliphatic imine (C=N–C) groups is 1. The normalized spacial score (nSPS) is 13.2. The fourth-order valence-corrected chi connectivity index (χ4v) is 2.80.